The van der Waals surface area contributed by atoms with Crippen LogP contribution >= 0.6 is 15.6 Å². The lowest BCUT2D eigenvalue weighted by Crippen LogP contribution is -2.30. The number of aliphatic hydroxyl groups excluding tert-OH is 1. The van der Waals surface area contributed by atoms with Crippen LogP contribution in [-0.2, 0) is 65.4 Å². The second-order valence-corrected chi connectivity index (χ2v) is 25.7. The molecule has 6 atom stereocenters. The summed E-state index contributed by atoms with van der Waals surface area (Å²) in [5.41, 5.74) is 0. The van der Waals surface area contributed by atoms with Crippen molar-refractivity contribution in [2.75, 3.05) is 39.6 Å². The summed E-state index contributed by atoms with van der Waals surface area (Å²) in [6.45, 7) is 9.30. The molecule has 0 aliphatic heterocycles. The predicted molar refractivity (Wildman–Crippen MR) is 317 cm³/mol. The van der Waals surface area contributed by atoms with Crippen LogP contribution in [0.3, 0.4) is 0 Å². The Morgan fingerprint density at radius 3 is 0.950 bits per heavy atom. The fourth-order valence-electron chi connectivity index (χ4n) is 8.97. The minimum atomic E-state index is -4.94. The molecule has 19 heteroatoms. The number of hydrogen-bond donors (Lipinski definition) is 3. The van der Waals surface area contributed by atoms with Crippen molar-refractivity contribution in [3.63, 3.8) is 0 Å². The molecule has 474 valence electrons. The number of aliphatic hydroxyl groups is 1. The summed E-state index contributed by atoms with van der Waals surface area (Å²) in [7, 11) is -9.87. The zero-order chi connectivity index (χ0) is 59.4. The number of ether oxygens (including phenoxy) is 4. The zero-order valence-electron chi connectivity index (χ0n) is 51.4. The van der Waals surface area contributed by atoms with E-state index in [1.54, 1.807) is 0 Å². The highest BCUT2D eigenvalue weighted by Crippen LogP contribution is 2.45. The molecule has 0 rings (SSSR count). The summed E-state index contributed by atoms with van der Waals surface area (Å²) in [6, 6.07) is 0. The molecule has 3 N–H and O–H groups in total. The topological polar surface area (TPSA) is 237 Å². The van der Waals surface area contributed by atoms with Crippen LogP contribution in [0.1, 0.15) is 298 Å². The largest absolute Gasteiger partial charge is 0.472 e. The molecule has 0 aliphatic rings. The lowest BCUT2D eigenvalue weighted by atomic mass is 10.00. The smallest absolute Gasteiger partial charge is 0.462 e. The van der Waals surface area contributed by atoms with Gasteiger partial charge in [0.05, 0.1) is 26.4 Å². The summed E-state index contributed by atoms with van der Waals surface area (Å²) < 4.78 is 67.7. The van der Waals surface area contributed by atoms with Gasteiger partial charge in [-0.1, -0.05) is 247 Å². The number of carbonyl (C=O) groups is 4. The molecule has 0 bridgehead atoms. The minimum Gasteiger partial charge on any atom is -0.462 e. The second kappa shape index (κ2) is 53.8. The van der Waals surface area contributed by atoms with Gasteiger partial charge in [0.15, 0.2) is 12.2 Å². The van der Waals surface area contributed by atoms with E-state index in [0.29, 0.717) is 25.7 Å². The molecule has 0 spiro atoms. The van der Waals surface area contributed by atoms with E-state index in [2.05, 4.69) is 41.5 Å². The number of phosphoric ester groups is 2. The summed E-state index contributed by atoms with van der Waals surface area (Å²) >= 11 is 0. The van der Waals surface area contributed by atoms with Crippen molar-refractivity contribution < 1.29 is 80.2 Å². The lowest BCUT2D eigenvalue weighted by molar-refractivity contribution is -0.161. The van der Waals surface area contributed by atoms with Crippen molar-refractivity contribution in [1.29, 1.82) is 0 Å². The van der Waals surface area contributed by atoms with E-state index in [9.17, 15) is 43.2 Å². The molecule has 0 heterocycles. The normalized spacial score (nSPS) is 14.7. The van der Waals surface area contributed by atoms with E-state index in [4.69, 9.17) is 37.0 Å². The summed E-state index contributed by atoms with van der Waals surface area (Å²) in [6.07, 6.45) is 35.2. The third-order valence-corrected chi connectivity index (χ3v) is 16.2. The maximum Gasteiger partial charge on any atom is 0.472 e. The van der Waals surface area contributed by atoms with Gasteiger partial charge in [-0.15, -0.1) is 0 Å². The van der Waals surface area contributed by atoms with Gasteiger partial charge >= 0.3 is 39.5 Å². The Balaban J connectivity index is 5.19. The Kier molecular flexibility index (Phi) is 52.5. The van der Waals surface area contributed by atoms with E-state index in [-0.39, 0.29) is 25.7 Å². The Labute approximate surface area is 486 Å². The number of esters is 4. The zero-order valence-corrected chi connectivity index (χ0v) is 53.2. The standard InChI is InChI=1S/C61H118O17P2/c1-7-10-12-14-15-16-17-18-19-20-21-26-33-39-45-60(65)77-57(50-72-59(64)44-38-32-25-23-22-24-30-35-41-53(4)5)52-76-80(69,70)74-48-55(62)47-73-79(67,68)75-51-56(49-71-58(63)43-37-29-13-11-8-2)78-61(66)46-40-34-28-27-31-36-42-54(6)9-3/h53-57,62H,7-52H2,1-6H3,(H,67,68)(H,69,70)/t54?,55-,56+,57+/m0/s1. The summed E-state index contributed by atoms with van der Waals surface area (Å²) in [4.78, 5) is 71.8. The summed E-state index contributed by atoms with van der Waals surface area (Å²) in [5, 5.41) is 10.5. The molecule has 80 heavy (non-hydrogen) atoms. The number of phosphoric acid groups is 2. The van der Waals surface area contributed by atoms with Gasteiger partial charge in [-0.3, -0.25) is 37.3 Å². The molecular weight excluding hydrogens is 1070 g/mol. The lowest BCUT2D eigenvalue weighted by Gasteiger charge is -2.21. The molecule has 0 aliphatic carbocycles. The molecule has 17 nitrogen and oxygen atoms in total. The van der Waals surface area contributed by atoms with E-state index in [1.807, 2.05) is 0 Å². The third kappa shape index (κ3) is 54.0. The summed E-state index contributed by atoms with van der Waals surface area (Å²) in [5.74, 6) is -0.704. The molecule has 0 aromatic rings. The third-order valence-electron chi connectivity index (χ3n) is 14.3. The average molecular weight is 1190 g/mol. The van der Waals surface area contributed by atoms with Gasteiger partial charge in [0.25, 0.3) is 0 Å². The minimum absolute atomic E-state index is 0.102. The van der Waals surface area contributed by atoms with Crippen LogP contribution in [0.15, 0.2) is 0 Å². The Morgan fingerprint density at radius 1 is 0.362 bits per heavy atom. The van der Waals surface area contributed by atoms with Crippen LogP contribution < -0.4 is 0 Å². The van der Waals surface area contributed by atoms with E-state index >= 15 is 0 Å². The molecule has 0 amide bonds. The van der Waals surface area contributed by atoms with Crippen LogP contribution in [0.2, 0.25) is 0 Å². The molecule has 0 radical (unpaired) electrons. The first kappa shape index (κ1) is 78.1. The molecule has 3 unspecified atom stereocenters. The predicted octanol–water partition coefficient (Wildman–Crippen LogP) is 16.5. The van der Waals surface area contributed by atoms with E-state index < -0.39 is 97.5 Å². The van der Waals surface area contributed by atoms with Crippen molar-refractivity contribution in [2.45, 2.75) is 317 Å². The van der Waals surface area contributed by atoms with Crippen molar-refractivity contribution in [2.24, 2.45) is 11.8 Å². The first-order valence-corrected chi connectivity index (χ1v) is 35.0. The Bertz CT molecular complexity index is 1580. The maximum atomic E-state index is 12.9. The first-order valence-electron chi connectivity index (χ1n) is 32.0. The van der Waals surface area contributed by atoms with Crippen molar-refractivity contribution >= 4 is 39.5 Å². The van der Waals surface area contributed by atoms with Gasteiger partial charge in [0, 0.05) is 25.7 Å². The van der Waals surface area contributed by atoms with Gasteiger partial charge < -0.3 is 33.8 Å². The van der Waals surface area contributed by atoms with Crippen LogP contribution in [-0.4, -0.2) is 96.7 Å². The van der Waals surface area contributed by atoms with Crippen molar-refractivity contribution in [3.05, 3.63) is 0 Å². The highest BCUT2D eigenvalue weighted by molar-refractivity contribution is 7.47. The number of rotatable bonds is 60. The van der Waals surface area contributed by atoms with E-state index in [1.165, 1.54) is 109 Å². The van der Waals surface area contributed by atoms with Gasteiger partial charge in [0.1, 0.15) is 19.3 Å². The fourth-order valence-corrected chi connectivity index (χ4v) is 10.5. The van der Waals surface area contributed by atoms with Crippen LogP contribution in [0.4, 0.5) is 0 Å². The number of hydrogen-bond acceptors (Lipinski definition) is 15. The van der Waals surface area contributed by atoms with Crippen LogP contribution in [0.5, 0.6) is 0 Å². The van der Waals surface area contributed by atoms with Gasteiger partial charge in [-0.05, 0) is 37.5 Å². The Hall–Kier alpha value is -1.94. The highest BCUT2D eigenvalue weighted by atomic mass is 31.2. The highest BCUT2D eigenvalue weighted by Gasteiger charge is 2.30. The quantitative estimate of drug-likeness (QED) is 0.0222. The van der Waals surface area contributed by atoms with Crippen molar-refractivity contribution in [1.82, 2.24) is 0 Å². The van der Waals surface area contributed by atoms with Crippen LogP contribution in [0.25, 0.3) is 0 Å². The van der Waals surface area contributed by atoms with Gasteiger partial charge in [-0.25, -0.2) is 9.13 Å². The fraction of sp³-hybridized carbons (Fsp3) is 0.934. The molecule has 0 saturated heterocycles. The molecule has 0 saturated carbocycles. The second-order valence-electron chi connectivity index (χ2n) is 22.8. The Morgan fingerprint density at radius 2 is 0.637 bits per heavy atom. The SMILES string of the molecule is CCCCCCCCCCCCCCCCC(=O)O[C@H](COC(=O)CCCCCCCCCCC(C)C)COP(=O)(O)OC[C@@H](O)COP(=O)(O)OC[C@@H](COC(=O)CCCCCCC)OC(=O)CCCCCCCCC(C)CC. The number of unbranched alkanes of at least 4 members (excludes halogenated alkanes) is 29. The molecule has 0 fully saturated rings. The number of carbonyl (C=O) groups excluding carboxylic acids is 4. The molecular formula is C61H118O17P2. The molecule has 0 aromatic heterocycles. The average Bonchev–Trinajstić information content (AvgIpc) is 3.42. The monoisotopic (exact) mass is 1180 g/mol. The van der Waals surface area contributed by atoms with Crippen LogP contribution in [0, 0.1) is 11.8 Å². The maximum absolute atomic E-state index is 12.9. The van der Waals surface area contributed by atoms with Gasteiger partial charge in [0.2, 0.25) is 0 Å². The van der Waals surface area contributed by atoms with Crippen molar-refractivity contribution in [3.8, 4) is 0 Å². The first-order chi connectivity index (χ1) is 38.4. The van der Waals surface area contributed by atoms with Gasteiger partial charge in [-0.2, -0.15) is 0 Å². The molecule has 0 aromatic carbocycles. The van der Waals surface area contributed by atoms with E-state index in [0.717, 1.165) is 108 Å².